The number of anilines is 2. The number of primary sulfonamides is 1. The Balaban J connectivity index is 1.91. The zero-order valence-corrected chi connectivity index (χ0v) is 18.0. The van der Waals surface area contributed by atoms with E-state index in [0.717, 1.165) is 6.07 Å². The molecule has 3 heterocycles. The number of rotatable bonds is 5. The van der Waals surface area contributed by atoms with E-state index >= 15 is 0 Å². The van der Waals surface area contributed by atoms with Gasteiger partial charge in [-0.25, -0.2) is 32.3 Å². The van der Waals surface area contributed by atoms with Gasteiger partial charge in [0, 0.05) is 31.0 Å². The first-order valence-electron chi connectivity index (χ1n) is 9.18. The number of halogens is 3. The fourth-order valence-electron chi connectivity index (χ4n) is 3.02. The lowest BCUT2D eigenvalue weighted by molar-refractivity contribution is -0.0493. The summed E-state index contributed by atoms with van der Waals surface area (Å²) in [6.07, 6.45) is -2.55. The molecule has 2 aromatic heterocycles. The maximum absolute atomic E-state index is 13.0. The molecule has 1 aliphatic rings. The Hall–Kier alpha value is -2.41. The first kappa shape index (κ1) is 23.3. The van der Waals surface area contributed by atoms with Crippen LogP contribution < -0.4 is 15.4 Å². The summed E-state index contributed by atoms with van der Waals surface area (Å²) in [7, 11) is -4.06. The molecule has 9 nitrogen and oxygen atoms in total. The third kappa shape index (κ3) is 5.64. The average Bonchev–Trinajstić information content (AvgIpc) is 2.95. The van der Waals surface area contributed by atoms with Crippen LogP contribution in [0.15, 0.2) is 29.4 Å². The first-order chi connectivity index (χ1) is 14.6. The minimum absolute atomic E-state index is 0.0431. The van der Waals surface area contributed by atoms with Crippen LogP contribution in [0.3, 0.4) is 0 Å². The average molecular weight is 476 g/mol. The van der Waals surface area contributed by atoms with Gasteiger partial charge in [-0.05, 0) is 25.5 Å². The maximum atomic E-state index is 13.0. The SMILES string of the molecule is Cc1nc(N2CCO[C@@H](C(F)F)CC2)c(C(=O)Nc2ccnc(S(N)(=O)=O)c2)cc1Cl. The summed E-state index contributed by atoms with van der Waals surface area (Å²) in [6, 6.07) is 3.93. The number of pyridine rings is 2. The van der Waals surface area contributed by atoms with Crippen molar-refractivity contribution in [2.45, 2.75) is 30.9 Å². The quantitative estimate of drug-likeness (QED) is 0.678. The number of carbonyl (C=O) groups excluding carboxylic acids is 1. The number of hydrogen-bond acceptors (Lipinski definition) is 7. The van der Waals surface area contributed by atoms with E-state index in [2.05, 4.69) is 15.3 Å². The predicted molar refractivity (Wildman–Crippen MR) is 110 cm³/mol. The summed E-state index contributed by atoms with van der Waals surface area (Å²) in [5.41, 5.74) is 0.702. The van der Waals surface area contributed by atoms with Crippen molar-refractivity contribution in [3.63, 3.8) is 0 Å². The molecule has 0 radical (unpaired) electrons. The van der Waals surface area contributed by atoms with E-state index in [-0.39, 0.29) is 48.2 Å². The second-order valence-electron chi connectivity index (χ2n) is 6.83. The van der Waals surface area contributed by atoms with Crippen molar-refractivity contribution in [1.82, 2.24) is 9.97 Å². The van der Waals surface area contributed by atoms with E-state index in [1.54, 1.807) is 11.8 Å². The normalized spacial score (nSPS) is 17.5. The summed E-state index contributed by atoms with van der Waals surface area (Å²) in [4.78, 5) is 22.7. The lowest BCUT2D eigenvalue weighted by atomic mass is 10.1. The molecule has 0 aliphatic carbocycles. The molecule has 1 fully saturated rings. The van der Waals surface area contributed by atoms with Crippen molar-refractivity contribution in [3.05, 3.63) is 40.7 Å². The Morgan fingerprint density at radius 3 is 2.81 bits per heavy atom. The summed E-state index contributed by atoms with van der Waals surface area (Å²) in [5, 5.41) is 7.47. The number of ether oxygens (including phenoxy) is 1. The second-order valence-corrected chi connectivity index (χ2v) is 8.74. The summed E-state index contributed by atoms with van der Waals surface area (Å²) in [6.45, 7) is 2.16. The molecule has 1 atom stereocenters. The Kier molecular flexibility index (Phi) is 7.04. The van der Waals surface area contributed by atoms with E-state index in [1.165, 1.54) is 18.3 Å². The molecule has 13 heteroatoms. The van der Waals surface area contributed by atoms with Crippen LogP contribution in [0.25, 0.3) is 0 Å². The number of alkyl halides is 2. The topological polar surface area (TPSA) is 128 Å². The van der Waals surface area contributed by atoms with E-state index in [4.69, 9.17) is 21.5 Å². The largest absolute Gasteiger partial charge is 0.370 e. The highest BCUT2D eigenvalue weighted by atomic mass is 35.5. The molecule has 31 heavy (non-hydrogen) atoms. The molecule has 3 N–H and O–H groups in total. The highest BCUT2D eigenvalue weighted by Gasteiger charge is 2.28. The third-order valence-electron chi connectivity index (χ3n) is 4.62. The highest BCUT2D eigenvalue weighted by Crippen LogP contribution is 2.27. The van der Waals surface area contributed by atoms with Gasteiger partial charge in [0.15, 0.2) is 5.03 Å². The molecule has 0 bridgehead atoms. The van der Waals surface area contributed by atoms with Gasteiger partial charge in [-0.15, -0.1) is 0 Å². The van der Waals surface area contributed by atoms with Gasteiger partial charge in [-0.3, -0.25) is 4.79 Å². The lowest BCUT2D eigenvalue weighted by Crippen LogP contribution is -2.30. The molecule has 1 aliphatic heterocycles. The second kappa shape index (κ2) is 9.39. The van der Waals surface area contributed by atoms with Crippen molar-refractivity contribution < 1.29 is 26.7 Å². The zero-order chi connectivity index (χ0) is 22.8. The number of aromatic nitrogens is 2. The summed E-state index contributed by atoms with van der Waals surface area (Å²) < 4.78 is 54.2. The van der Waals surface area contributed by atoms with E-state index < -0.39 is 33.5 Å². The van der Waals surface area contributed by atoms with E-state index in [1.807, 2.05) is 0 Å². The van der Waals surface area contributed by atoms with Crippen molar-refractivity contribution in [3.8, 4) is 0 Å². The fourth-order valence-corrected chi connectivity index (χ4v) is 3.67. The summed E-state index contributed by atoms with van der Waals surface area (Å²) in [5.74, 6) is -0.356. The molecular formula is C18H20ClF2N5O4S. The van der Waals surface area contributed by atoms with Crippen molar-refractivity contribution in [1.29, 1.82) is 0 Å². The molecule has 0 spiro atoms. The first-order valence-corrected chi connectivity index (χ1v) is 11.1. The van der Waals surface area contributed by atoms with Crippen LogP contribution in [0.5, 0.6) is 0 Å². The van der Waals surface area contributed by atoms with Crippen LogP contribution in [-0.2, 0) is 14.8 Å². The van der Waals surface area contributed by atoms with Gasteiger partial charge in [0.2, 0.25) is 0 Å². The number of nitrogens with one attached hydrogen (secondary N) is 1. The van der Waals surface area contributed by atoms with Gasteiger partial charge in [0.25, 0.3) is 22.4 Å². The standard InChI is InChI=1S/C18H20ClF2N5O4S/c1-10-13(19)9-12(17(24-10)26-5-3-14(16(20)21)30-7-6-26)18(27)25-11-2-4-23-15(8-11)31(22,28)29/h2,4,8-9,14,16H,3,5-7H2,1H3,(H2,22,28,29)(H,23,25,27)/t14-/m1/s1. The van der Waals surface area contributed by atoms with Gasteiger partial charge in [-0.1, -0.05) is 11.6 Å². The van der Waals surface area contributed by atoms with Crippen LogP contribution >= 0.6 is 11.6 Å². The van der Waals surface area contributed by atoms with E-state index in [0.29, 0.717) is 5.69 Å². The van der Waals surface area contributed by atoms with Crippen LogP contribution in [0.2, 0.25) is 5.02 Å². The molecule has 0 aromatic carbocycles. The van der Waals surface area contributed by atoms with Gasteiger partial charge in [0.1, 0.15) is 11.9 Å². The Bertz CT molecular complexity index is 1090. The predicted octanol–water partition coefficient (Wildman–Crippen LogP) is 2.20. The van der Waals surface area contributed by atoms with Crippen molar-refractivity contribution >= 4 is 39.0 Å². The third-order valence-corrected chi connectivity index (χ3v) is 5.81. The highest BCUT2D eigenvalue weighted by molar-refractivity contribution is 7.89. The molecular weight excluding hydrogens is 456 g/mol. The Morgan fingerprint density at radius 2 is 2.13 bits per heavy atom. The number of aryl methyl sites for hydroxylation is 1. The Morgan fingerprint density at radius 1 is 1.39 bits per heavy atom. The van der Waals surface area contributed by atoms with Gasteiger partial charge >= 0.3 is 0 Å². The molecule has 2 aromatic rings. The lowest BCUT2D eigenvalue weighted by Gasteiger charge is -2.24. The number of sulfonamides is 1. The fraction of sp³-hybridized carbons (Fsp3) is 0.389. The molecule has 0 unspecified atom stereocenters. The maximum Gasteiger partial charge on any atom is 0.264 e. The number of amides is 1. The molecule has 1 saturated heterocycles. The number of nitrogens with zero attached hydrogens (tertiary/aromatic N) is 3. The van der Waals surface area contributed by atoms with Gasteiger partial charge in [-0.2, -0.15) is 0 Å². The van der Waals surface area contributed by atoms with Crippen LogP contribution in [0.4, 0.5) is 20.3 Å². The van der Waals surface area contributed by atoms with Crippen molar-refractivity contribution in [2.75, 3.05) is 29.9 Å². The smallest absolute Gasteiger partial charge is 0.264 e. The minimum atomic E-state index is -4.06. The van der Waals surface area contributed by atoms with E-state index in [9.17, 15) is 22.0 Å². The number of carbonyl (C=O) groups is 1. The van der Waals surface area contributed by atoms with Crippen LogP contribution in [0, 0.1) is 6.92 Å². The summed E-state index contributed by atoms with van der Waals surface area (Å²) >= 11 is 6.16. The molecule has 1 amide bonds. The molecule has 3 rings (SSSR count). The number of hydrogen-bond donors (Lipinski definition) is 2. The monoisotopic (exact) mass is 475 g/mol. The van der Waals surface area contributed by atoms with Crippen LogP contribution in [0.1, 0.15) is 22.5 Å². The Labute approximate surface area is 182 Å². The minimum Gasteiger partial charge on any atom is -0.370 e. The molecule has 168 valence electrons. The molecule has 0 saturated carbocycles. The zero-order valence-electron chi connectivity index (χ0n) is 16.4. The van der Waals surface area contributed by atoms with Crippen LogP contribution in [-0.4, -0.2) is 56.5 Å². The number of nitrogens with two attached hydrogens (primary N) is 1. The van der Waals surface area contributed by atoms with Gasteiger partial charge in [0.05, 0.1) is 22.9 Å². The van der Waals surface area contributed by atoms with Crippen molar-refractivity contribution in [2.24, 2.45) is 5.14 Å². The van der Waals surface area contributed by atoms with Gasteiger partial charge < -0.3 is 15.0 Å².